The van der Waals surface area contributed by atoms with Crippen molar-refractivity contribution >= 4 is 11.8 Å². The smallest absolute Gasteiger partial charge is 0.242 e. The van der Waals surface area contributed by atoms with Gasteiger partial charge in [-0.1, -0.05) is 37.3 Å². The van der Waals surface area contributed by atoms with Crippen LogP contribution >= 0.6 is 0 Å². The third kappa shape index (κ3) is 3.17. The molecule has 0 aromatic heterocycles. The first-order valence-corrected chi connectivity index (χ1v) is 7.01. The molecule has 2 rings (SSSR count). The Hall–Kier alpha value is -1.88. The van der Waals surface area contributed by atoms with Gasteiger partial charge in [0.1, 0.15) is 6.04 Å². The molecule has 3 N–H and O–H groups in total. The summed E-state index contributed by atoms with van der Waals surface area (Å²) in [5.74, 6) is -0.122. The average Bonchev–Trinajstić information content (AvgIpc) is 2.47. The van der Waals surface area contributed by atoms with Crippen LogP contribution in [-0.4, -0.2) is 35.8 Å². The number of carbonyl (C=O) groups excluding carboxylic acids is 2. The first-order chi connectivity index (χ1) is 9.63. The van der Waals surface area contributed by atoms with Crippen LogP contribution in [0, 0.1) is 0 Å². The van der Waals surface area contributed by atoms with E-state index >= 15 is 0 Å². The number of hydrogen-bond acceptors (Lipinski definition) is 3. The molecular formula is C15H21N3O2. The van der Waals surface area contributed by atoms with Gasteiger partial charge in [-0.3, -0.25) is 9.59 Å². The van der Waals surface area contributed by atoms with Gasteiger partial charge in [-0.2, -0.15) is 0 Å². The molecule has 0 bridgehead atoms. The molecular weight excluding hydrogens is 254 g/mol. The van der Waals surface area contributed by atoms with Gasteiger partial charge in [0.25, 0.3) is 0 Å². The molecule has 2 atom stereocenters. The van der Waals surface area contributed by atoms with Crippen molar-refractivity contribution in [1.29, 1.82) is 0 Å². The molecule has 1 heterocycles. The lowest BCUT2D eigenvalue weighted by Crippen LogP contribution is -2.57. The maximum Gasteiger partial charge on any atom is 0.242 e. The number of nitrogens with one attached hydrogen (secondary N) is 1. The lowest BCUT2D eigenvalue weighted by Gasteiger charge is -2.35. The molecule has 1 aliphatic rings. The predicted molar refractivity (Wildman–Crippen MR) is 76.8 cm³/mol. The summed E-state index contributed by atoms with van der Waals surface area (Å²) in [7, 11) is 0. The van der Waals surface area contributed by atoms with Crippen molar-refractivity contribution in [2.24, 2.45) is 5.73 Å². The number of nitrogens with two attached hydrogens (primary N) is 1. The molecule has 5 nitrogen and oxygen atoms in total. The first-order valence-electron chi connectivity index (χ1n) is 7.01. The highest BCUT2D eigenvalue weighted by molar-refractivity contribution is 5.89. The van der Waals surface area contributed by atoms with Crippen LogP contribution in [0.25, 0.3) is 0 Å². The second-order valence-electron chi connectivity index (χ2n) is 5.02. The van der Waals surface area contributed by atoms with Gasteiger partial charge in [0, 0.05) is 25.6 Å². The van der Waals surface area contributed by atoms with E-state index in [1.165, 1.54) is 0 Å². The minimum absolute atomic E-state index is 0.0527. The molecule has 2 amide bonds. The molecule has 0 spiro atoms. The Morgan fingerprint density at radius 3 is 2.80 bits per heavy atom. The topological polar surface area (TPSA) is 75.4 Å². The molecule has 0 aliphatic carbocycles. The fourth-order valence-electron chi connectivity index (χ4n) is 2.54. The third-order valence-electron chi connectivity index (χ3n) is 3.66. The highest BCUT2D eigenvalue weighted by Crippen LogP contribution is 2.17. The predicted octanol–water partition coefficient (Wildman–Crippen LogP) is 0.814. The van der Waals surface area contributed by atoms with E-state index < -0.39 is 0 Å². The van der Waals surface area contributed by atoms with Crippen LogP contribution < -0.4 is 11.1 Å². The molecule has 0 radical (unpaired) electrons. The average molecular weight is 275 g/mol. The third-order valence-corrected chi connectivity index (χ3v) is 3.66. The van der Waals surface area contributed by atoms with E-state index in [1.54, 1.807) is 4.90 Å². The number of amides is 2. The molecule has 5 heteroatoms. The van der Waals surface area contributed by atoms with Gasteiger partial charge in [-0.25, -0.2) is 0 Å². The summed E-state index contributed by atoms with van der Waals surface area (Å²) in [6, 6.07) is 8.87. The van der Waals surface area contributed by atoms with Crippen LogP contribution in [0.3, 0.4) is 0 Å². The highest BCUT2D eigenvalue weighted by atomic mass is 16.2. The Morgan fingerprint density at radius 2 is 2.15 bits per heavy atom. The summed E-state index contributed by atoms with van der Waals surface area (Å²) < 4.78 is 0. The van der Waals surface area contributed by atoms with Crippen molar-refractivity contribution in [2.75, 3.05) is 13.1 Å². The van der Waals surface area contributed by atoms with Gasteiger partial charge < -0.3 is 16.0 Å². The largest absolute Gasteiger partial charge is 0.353 e. The fraction of sp³-hybridized carbons (Fsp3) is 0.467. The van der Waals surface area contributed by atoms with E-state index in [9.17, 15) is 9.59 Å². The Labute approximate surface area is 119 Å². The molecule has 0 unspecified atom stereocenters. The lowest BCUT2D eigenvalue weighted by atomic mass is 10.0. The van der Waals surface area contributed by atoms with E-state index in [0.717, 1.165) is 5.56 Å². The van der Waals surface area contributed by atoms with Crippen LogP contribution in [0.15, 0.2) is 30.3 Å². The Morgan fingerprint density at radius 1 is 1.45 bits per heavy atom. The highest BCUT2D eigenvalue weighted by Gasteiger charge is 2.32. The van der Waals surface area contributed by atoms with E-state index in [2.05, 4.69) is 5.32 Å². The van der Waals surface area contributed by atoms with Crippen molar-refractivity contribution in [3.8, 4) is 0 Å². The second kappa shape index (κ2) is 6.52. The molecule has 1 fully saturated rings. The number of nitrogens with zero attached hydrogens (tertiary/aromatic N) is 1. The van der Waals surface area contributed by atoms with Crippen molar-refractivity contribution in [1.82, 2.24) is 10.2 Å². The zero-order valence-corrected chi connectivity index (χ0v) is 11.7. The zero-order valence-electron chi connectivity index (χ0n) is 11.7. The summed E-state index contributed by atoms with van der Waals surface area (Å²) in [5.41, 5.74) is 7.02. The minimum Gasteiger partial charge on any atom is -0.353 e. The Balaban J connectivity index is 2.02. The minimum atomic E-state index is -0.362. The normalized spacial score (nSPS) is 20.4. The van der Waals surface area contributed by atoms with Gasteiger partial charge in [-0.05, 0) is 12.0 Å². The molecule has 0 saturated carbocycles. The van der Waals surface area contributed by atoms with Gasteiger partial charge in [-0.15, -0.1) is 0 Å². The SMILES string of the molecule is CC[C@H]1C(=O)NCCN1C(=O)C[C@@H](N)c1ccccc1. The quantitative estimate of drug-likeness (QED) is 0.854. The monoisotopic (exact) mass is 275 g/mol. The van der Waals surface area contributed by atoms with Crippen LogP contribution in [0.1, 0.15) is 31.4 Å². The lowest BCUT2D eigenvalue weighted by molar-refractivity contribution is -0.143. The van der Waals surface area contributed by atoms with Crippen molar-refractivity contribution in [3.05, 3.63) is 35.9 Å². The van der Waals surface area contributed by atoms with Crippen LogP contribution in [-0.2, 0) is 9.59 Å². The maximum atomic E-state index is 12.4. The summed E-state index contributed by atoms with van der Waals surface area (Å²) in [4.78, 5) is 25.8. The fourth-order valence-corrected chi connectivity index (χ4v) is 2.54. The van der Waals surface area contributed by atoms with E-state index in [4.69, 9.17) is 5.73 Å². The van der Waals surface area contributed by atoms with E-state index in [1.807, 2.05) is 37.3 Å². The second-order valence-corrected chi connectivity index (χ2v) is 5.02. The molecule has 1 aliphatic heterocycles. The number of benzene rings is 1. The summed E-state index contributed by atoms with van der Waals surface area (Å²) in [6.07, 6.45) is 0.853. The standard InChI is InChI=1S/C15H21N3O2/c1-2-13-15(20)17-8-9-18(13)14(19)10-12(16)11-6-4-3-5-7-11/h3-7,12-13H,2,8-10,16H2,1H3,(H,17,20)/t12-,13+/m1/s1. The number of carbonyl (C=O) groups is 2. The molecule has 1 saturated heterocycles. The first kappa shape index (κ1) is 14.5. The Bertz CT molecular complexity index is 475. The molecule has 1 aromatic carbocycles. The molecule has 108 valence electrons. The van der Waals surface area contributed by atoms with Crippen molar-refractivity contribution in [3.63, 3.8) is 0 Å². The summed E-state index contributed by atoms with van der Waals surface area (Å²) in [5, 5.41) is 2.79. The van der Waals surface area contributed by atoms with Crippen molar-refractivity contribution in [2.45, 2.75) is 31.8 Å². The zero-order chi connectivity index (χ0) is 14.5. The van der Waals surface area contributed by atoms with E-state index in [-0.39, 0.29) is 30.3 Å². The van der Waals surface area contributed by atoms with Crippen LogP contribution in [0.4, 0.5) is 0 Å². The number of rotatable bonds is 4. The van der Waals surface area contributed by atoms with Crippen LogP contribution in [0.5, 0.6) is 0 Å². The van der Waals surface area contributed by atoms with Gasteiger partial charge in [0.2, 0.25) is 11.8 Å². The van der Waals surface area contributed by atoms with Crippen molar-refractivity contribution < 1.29 is 9.59 Å². The molecule has 20 heavy (non-hydrogen) atoms. The van der Waals surface area contributed by atoms with Gasteiger partial charge >= 0.3 is 0 Å². The number of hydrogen-bond donors (Lipinski definition) is 2. The van der Waals surface area contributed by atoms with Gasteiger partial charge in [0.15, 0.2) is 0 Å². The number of piperazine rings is 1. The molecule has 1 aromatic rings. The Kier molecular flexibility index (Phi) is 4.74. The van der Waals surface area contributed by atoms with Gasteiger partial charge in [0.05, 0.1) is 0 Å². The summed E-state index contributed by atoms with van der Waals surface area (Å²) >= 11 is 0. The van der Waals surface area contributed by atoms with E-state index in [0.29, 0.717) is 19.5 Å². The maximum absolute atomic E-state index is 12.4. The summed E-state index contributed by atoms with van der Waals surface area (Å²) in [6.45, 7) is 2.99. The van der Waals surface area contributed by atoms with Crippen LogP contribution in [0.2, 0.25) is 0 Å².